The Kier molecular flexibility index (Phi) is 8.99. The molecule has 3 atom stereocenters. The third kappa shape index (κ3) is 7.85. The van der Waals surface area contributed by atoms with Crippen LogP contribution in [0.5, 0.6) is 0 Å². The summed E-state index contributed by atoms with van der Waals surface area (Å²) in [5.74, 6) is 1.23. The number of hydrogen-bond acceptors (Lipinski definition) is 5. The molecule has 28 heavy (non-hydrogen) atoms. The van der Waals surface area contributed by atoms with Crippen molar-refractivity contribution < 1.29 is 14.6 Å². The zero-order chi connectivity index (χ0) is 20.6. The minimum absolute atomic E-state index is 0.129. The third-order valence-electron chi connectivity index (χ3n) is 5.42. The SMILES string of the molecule is CCNC(=NCC(C)(O)CN1CCOCC1)NCC1CCCOC1C(C)(C)C. The van der Waals surface area contributed by atoms with E-state index in [2.05, 4.69) is 48.2 Å². The van der Waals surface area contributed by atoms with Gasteiger partial charge in [-0.15, -0.1) is 0 Å². The fraction of sp³-hybridized carbons (Fsp3) is 0.952. The molecule has 7 nitrogen and oxygen atoms in total. The van der Waals surface area contributed by atoms with E-state index in [0.29, 0.717) is 19.0 Å². The second-order valence-corrected chi connectivity index (χ2v) is 9.52. The van der Waals surface area contributed by atoms with Gasteiger partial charge in [0.15, 0.2) is 5.96 Å². The van der Waals surface area contributed by atoms with Crippen LogP contribution in [-0.2, 0) is 9.47 Å². The van der Waals surface area contributed by atoms with Crippen molar-refractivity contribution in [3.8, 4) is 0 Å². The van der Waals surface area contributed by atoms with E-state index in [1.165, 1.54) is 6.42 Å². The van der Waals surface area contributed by atoms with Crippen LogP contribution in [0.4, 0.5) is 0 Å². The van der Waals surface area contributed by atoms with E-state index in [-0.39, 0.29) is 11.5 Å². The van der Waals surface area contributed by atoms with Crippen LogP contribution in [0.1, 0.15) is 47.5 Å². The van der Waals surface area contributed by atoms with Crippen molar-refractivity contribution in [3.05, 3.63) is 0 Å². The smallest absolute Gasteiger partial charge is 0.191 e. The Balaban J connectivity index is 1.89. The Hall–Kier alpha value is -0.890. The van der Waals surface area contributed by atoms with Crippen LogP contribution in [0.2, 0.25) is 0 Å². The highest BCUT2D eigenvalue weighted by Gasteiger charge is 2.35. The fourth-order valence-corrected chi connectivity index (χ4v) is 4.12. The molecule has 7 heteroatoms. The van der Waals surface area contributed by atoms with Gasteiger partial charge in [-0.05, 0) is 32.1 Å². The highest BCUT2D eigenvalue weighted by Crippen LogP contribution is 2.33. The Morgan fingerprint density at radius 3 is 2.50 bits per heavy atom. The summed E-state index contributed by atoms with van der Waals surface area (Å²) in [4.78, 5) is 6.91. The van der Waals surface area contributed by atoms with Gasteiger partial charge < -0.3 is 25.2 Å². The van der Waals surface area contributed by atoms with Crippen molar-refractivity contribution >= 4 is 5.96 Å². The van der Waals surface area contributed by atoms with Crippen molar-refractivity contribution in [2.75, 3.05) is 59.1 Å². The first-order chi connectivity index (χ1) is 13.2. The van der Waals surface area contributed by atoms with Gasteiger partial charge in [-0.3, -0.25) is 9.89 Å². The van der Waals surface area contributed by atoms with Crippen molar-refractivity contribution in [1.29, 1.82) is 0 Å². The summed E-state index contributed by atoms with van der Waals surface area (Å²) in [5.41, 5.74) is -0.730. The van der Waals surface area contributed by atoms with Crippen molar-refractivity contribution in [1.82, 2.24) is 15.5 Å². The summed E-state index contributed by atoms with van der Waals surface area (Å²) in [6.07, 6.45) is 2.53. The molecule has 3 unspecified atom stereocenters. The summed E-state index contributed by atoms with van der Waals surface area (Å²) in [6, 6.07) is 0. The molecule has 0 spiro atoms. The monoisotopic (exact) mass is 398 g/mol. The summed E-state index contributed by atoms with van der Waals surface area (Å²) in [5, 5.41) is 17.6. The van der Waals surface area contributed by atoms with Gasteiger partial charge in [-0.25, -0.2) is 0 Å². The number of nitrogens with one attached hydrogen (secondary N) is 2. The molecule has 2 saturated heterocycles. The lowest BCUT2D eigenvalue weighted by molar-refractivity contribution is -0.0835. The first kappa shape index (κ1) is 23.4. The Morgan fingerprint density at radius 2 is 1.86 bits per heavy atom. The molecule has 0 radical (unpaired) electrons. The molecule has 0 saturated carbocycles. The summed E-state index contributed by atoms with van der Waals surface area (Å²) in [7, 11) is 0. The van der Waals surface area contributed by atoms with E-state index in [9.17, 15) is 5.11 Å². The minimum Gasteiger partial charge on any atom is -0.387 e. The normalized spacial score (nSPS) is 27.3. The average molecular weight is 399 g/mol. The predicted molar refractivity (Wildman–Crippen MR) is 114 cm³/mol. The van der Waals surface area contributed by atoms with Gasteiger partial charge in [-0.2, -0.15) is 0 Å². The van der Waals surface area contributed by atoms with Gasteiger partial charge in [0, 0.05) is 45.2 Å². The van der Waals surface area contributed by atoms with Gasteiger partial charge in [0.05, 0.1) is 31.5 Å². The highest BCUT2D eigenvalue weighted by molar-refractivity contribution is 5.79. The highest BCUT2D eigenvalue weighted by atomic mass is 16.5. The van der Waals surface area contributed by atoms with Crippen LogP contribution < -0.4 is 10.6 Å². The molecule has 0 amide bonds. The van der Waals surface area contributed by atoms with E-state index in [0.717, 1.165) is 58.4 Å². The first-order valence-corrected chi connectivity index (χ1v) is 10.9. The van der Waals surface area contributed by atoms with Crippen LogP contribution in [0.15, 0.2) is 4.99 Å². The maximum absolute atomic E-state index is 10.8. The fourth-order valence-electron chi connectivity index (χ4n) is 4.12. The molecule has 2 rings (SSSR count). The second-order valence-electron chi connectivity index (χ2n) is 9.52. The molecule has 2 aliphatic rings. The molecular weight excluding hydrogens is 356 g/mol. The lowest BCUT2D eigenvalue weighted by Gasteiger charge is -2.40. The number of hydrogen-bond donors (Lipinski definition) is 3. The van der Waals surface area contributed by atoms with Crippen molar-refractivity contribution in [2.45, 2.75) is 59.2 Å². The number of guanidine groups is 1. The molecule has 3 N–H and O–H groups in total. The third-order valence-corrected chi connectivity index (χ3v) is 5.42. The number of β-amino-alcohol motifs (C(OH)–C–C–N with tert-alkyl or cyclic N) is 1. The number of aliphatic imine (C=N–C) groups is 1. The van der Waals surface area contributed by atoms with Gasteiger partial charge in [-0.1, -0.05) is 20.8 Å². The number of aliphatic hydroxyl groups is 1. The first-order valence-electron chi connectivity index (χ1n) is 10.9. The van der Waals surface area contributed by atoms with Gasteiger partial charge >= 0.3 is 0 Å². The maximum atomic E-state index is 10.8. The summed E-state index contributed by atoms with van der Waals surface area (Å²) < 4.78 is 11.5. The molecule has 2 fully saturated rings. The molecule has 0 aliphatic carbocycles. The zero-order valence-corrected chi connectivity index (χ0v) is 18.6. The lowest BCUT2D eigenvalue weighted by atomic mass is 9.78. The molecule has 0 aromatic rings. The minimum atomic E-state index is -0.860. The van der Waals surface area contributed by atoms with Gasteiger partial charge in [0.25, 0.3) is 0 Å². The maximum Gasteiger partial charge on any atom is 0.191 e. The van der Waals surface area contributed by atoms with Crippen molar-refractivity contribution in [2.24, 2.45) is 16.3 Å². The quantitative estimate of drug-likeness (QED) is 0.445. The van der Waals surface area contributed by atoms with Crippen molar-refractivity contribution in [3.63, 3.8) is 0 Å². The molecule has 164 valence electrons. The zero-order valence-electron chi connectivity index (χ0n) is 18.6. The van der Waals surface area contributed by atoms with E-state index >= 15 is 0 Å². The topological polar surface area (TPSA) is 78.4 Å². The van der Waals surface area contributed by atoms with Crippen LogP contribution in [0.25, 0.3) is 0 Å². The Labute approximate surface area is 171 Å². The van der Waals surface area contributed by atoms with Crippen LogP contribution in [0.3, 0.4) is 0 Å². The average Bonchev–Trinajstić information content (AvgIpc) is 2.64. The molecule has 0 aromatic heterocycles. The second kappa shape index (κ2) is 10.8. The molecule has 0 bridgehead atoms. The van der Waals surface area contributed by atoms with Gasteiger partial charge in [0.1, 0.15) is 0 Å². The summed E-state index contributed by atoms with van der Waals surface area (Å²) >= 11 is 0. The lowest BCUT2D eigenvalue weighted by Crippen LogP contribution is -2.49. The largest absolute Gasteiger partial charge is 0.387 e. The van der Waals surface area contributed by atoms with E-state index in [4.69, 9.17) is 9.47 Å². The Morgan fingerprint density at radius 1 is 1.14 bits per heavy atom. The molecular formula is C21H42N4O3. The number of ether oxygens (including phenoxy) is 2. The van der Waals surface area contributed by atoms with E-state index in [1.54, 1.807) is 0 Å². The Bertz CT molecular complexity index is 485. The molecule has 0 aromatic carbocycles. The van der Waals surface area contributed by atoms with Crippen LogP contribution >= 0.6 is 0 Å². The molecule has 2 heterocycles. The standard InChI is InChI=1S/C21H42N4O3/c1-6-22-19(23-14-17-8-7-11-28-18(17)20(2,3)4)24-15-21(5,26)16-25-9-12-27-13-10-25/h17-18,26H,6-16H2,1-5H3,(H2,22,23,24). The number of rotatable bonds is 7. The van der Waals surface area contributed by atoms with Gasteiger partial charge in [0.2, 0.25) is 0 Å². The number of nitrogens with zero attached hydrogens (tertiary/aromatic N) is 2. The molecule has 2 aliphatic heterocycles. The predicted octanol–water partition coefficient (Wildman–Crippen LogP) is 1.47. The van der Waals surface area contributed by atoms with E-state index in [1.807, 2.05) is 6.92 Å². The summed E-state index contributed by atoms with van der Waals surface area (Å²) in [6.45, 7) is 17.3. The van der Waals surface area contributed by atoms with E-state index < -0.39 is 5.60 Å². The number of morpholine rings is 1. The van der Waals surface area contributed by atoms with Crippen LogP contribution in [-0.4, -0.2) is 86.8 Å². The van der Waals surface area contributed by atoms with Crippen LogP contribution in [0, 0.1) is 11.3 Å².